The summed E-state index contributed by atoms with van der Waals surface area (Å²) in [6, 6.07) is 9.63. The fraction of sp³-hybridized carbons (Fsp3) is 0.133. The summed E-state index contributed by atoms with van der Waals surface area (Å²) in [4.78, 5) is 21.1. The molecule has 0 aliphatic heterocycles. The summed E-state index contributed by atoms with van der Waals surface area (Å²) in [6.45, 7) is 0. The number of nitro groups is 1. The molecule has 0 saturated carbocycles. The molecule has 0 heterocycles. The van der Waals surface area contributed by atoms with Gasteiger partial charge in [0.1, 0.15) is 0 Å². The quantitative estimate of drug-likeness (QED) is 0.526. The Kier molecular flexibility index (Phi) is 5.88. The Balaban J connectivity index is 2.38. The summed E-state index contributed by atoms with van der Waals surface area (Å²) >= 11 is 3.19. The number of hydrogen-bond acceptors (Lipinski definition) is 6. The van der Waals surface area contributed by atoms with Crippen LogP contribution in [0, 0.1) is 10.1 Å². The molecule has 0 saturated heterocycles. The lowest BCUT2D eigenvalue weighted by Crippen LogP contribution is -2.34. The molecule has 1 atom stereocenters. The Hall–Kier alpha value is -2.30. The summed E-state index contributed by atoms with van der Waals surface area (Å²) < 4.78 is 27.8. The van der Waals surface area contributed by atoms with Crippen LogP contribution in [0.2, 0.25) is 0 Å². The zero-order valence-electron chi connectivity index (χ0n) is 12.6. The molecular weight excluding hydrogens is 416 g/mol. The number of hydrogen-bond donors (Lipinski definition) is 1. The smallest absolute Gasteiger partial charge is 0.269 e. The van der Waals surface area contributed by atoms with Crippen molar-refractivity contribution in [3.05, 3.63) is 68.7 Å². The topological polar surface area (TPSA) is 129 Å². The van der Waals surface area contributed by atoms with E-state index in [9.17, 15) is 28.4 Å². The first-order chi connectivity index (χ1) is 11.7. The standard InChI is InChI=1S/C15H13BrN2O6S/c16-11-4-6-13(7-5-11)25(23,24)17-14(9-15(19)20)10-2-1-3-12(8-10)18(21)22/h1-8,14,17H,9H2,(H,19,20)/p-1. The second kappa shape index (κ2) is 7.72. The number of carbonyl (C=O) groups excluding carboxylic acids is 1. The third-order valence-electron chi connectivity index (χ3n) is 3.28. The molecule has 0 fully saturated rings. The number of carbonyl (C=O) groups is 1. The number of nitrogens with one attached hydrogen (secondary N) is 1. The van der Waals surface area contributed by atoms with E-state index in [0.29, 0.717) is 4.47 Å². The molecule has 0 aliphatic rings. The summed E-state index contributed by atoms with van der Waals surface area (Å²) in [6.07, 6.45) is -0.670. The SMILES string of the molecule is O=C([O-])CC(NS(=O)(=O)c1ccc(Br)cc1)c1cccc([N+](=O)[O-])c1. The van der Waals surface area contributed by atoms with Gasteiger partial charge in [0.15, 0.2) is 0 Å². The Morgan fingerprint density at radius 3 is 2.40 bits per heavy atom. The highest BCUT2D eigenvalue weighted by Crippen LogP contribution is 2.24. The van der Waals surface area contributed by atoms with Gasteiger partial charge in [0.05, 0.1) is 15.9 Å². The van der Waals surface area contributed by atoms with Crippen LogP contribution in [0.4, 0.5) is 5.69 Å². The third kappa shape index (κ3) is 5.08. The van der Waals surface area contributed by atoms with Gasteiger partial charge in [0.25, 0.3) is 5.69 Å². The molecule has 2 aromatic rings. The minimum Gasteiger partial charge on any atom is -0.550 e. The van der Waals surface area contributed by atoms with Crippen LogP contribution in [0.1, 0.15) is 18.0 Å². The second-order valence-corrected chi connectivity index (χ2v) is 7.69. The predicted octanol–water partition coefficient (Wildman–Crippen LogP) is 1.52. The molecule has 10 heteroatoms. The van der Waals surface area contributed by atoms with Crippen molar-refractivity contribution in [2.24, 2.45) is 0 Å². The predicted molar refractivity (Wildman–Crippen MR) is 89.9 cm³/mol. The largest absolute Gasteiger partial charge is 0.550 e. The summed E-state index contributed by atoms with van der Waals surface area (Å²) in [5, 5.41) is 21.9. The molecule has 1 unspecified atom stereocenters. The minimum absolute atomic E-state index is 0.0653. The molecule has 0 aromatic heterocycles. The van der Waals surface area contributed by atoms with E-state index in [-0.39, 0.29) is 16.1 Å². The number of aliphatic carboxylic acids is 1. The summed E-state index contributed by atoms with van der Waals surface area (Å²) in [7, 11) is -4.03. The van der Waals surface area contributed by atoms with Crippen LogP contribution < -0.4 is 9.83 Å². The lowest BCUT2D eigenvalue weighted by atomic mass is 10.0. The third-order valence-corrected chi connectivity index (χ3v) is 5.29. The van der Waals surface area contributed by atoms with Crippen LogP contribution in [-0.4, -0.2) is 19.3 Å². The van der Waals surface area contributed by atoms with Crippen LogP contribution >= 0.6 is 15.9 Å². The maximum absolute atomic E-state index is 12.5. The number of benzene rings is 2. The van der Waals surface area contributed by atoms with E-state index in [0.717, 1.165) is 6.07 Å². The summed E-state index contributed by atoms with van der Waals surface area (Å²) in [5.74, 6) is -1.49. The normalized spacial score (nSPS) is 12.5. The minimum atomic E-state index is -4.03. The van der Waals surface area contributed by atoms with Crippen molar-refractivity contribution in [1.29, 1.82) is 0 Å². The van der Waals surface area contributed by atoms with E-state index >= 15 is 0 Å². The average molecular weight is 428 g/mol. The van der Waals surface area contributed by atoms with E-state index < -0.39 is 33.4 Å². The fourth-order valence-corrected chi connectivity index (χ4v) is 3.61. The number of halogens is 1. The van der Waals surface area contributed by atoms with Crippen molar-refractivity contribution < 1.29 is 23.2 Å². The van der Waals surface area contributed by atoms with Gasteiger partial charge >= 0.3 is 0 Å². The number of nitrogens with zero attached hydrogens (tertiary/aromatic N) is 1. The lowest BCUT2D eigenvalue weighted by Gasteiger charge is -2.19. The van der Waals surface area contributed by atoms with Crippen LogP contribution in [-0.2, 0) is 14.8 Å². The number of carboxylic acids is 1. The Morgan fingerprint density at radius 2 is 1.84 bits per heavy atom. The van der Waals surface area contributed by atoms with Gasteiger partial charge in [-0.1, -0.05) is 28.1 Å². The van der Waals surface area contributed by atoms with Crippen molar-refractivity contribution >= 4 is 37.6 Å². The monoisotopic (exact) mass is 427 g/mol. The first-order valence-corrected chi connectivity index (χ1v) is 9.19. The number of sulfonamides is 1. The van der Waals surface area contributed by atoms with Gasteiger partial charge < -0.3 is 9.90 Å². The van der Waals surface area contributed by atoms with Crippen LogP contribution in [0.5, 0.6) is 0 Å². The Morgan fingerprint density at radius 1 is 1.20 bits per heavy atom. The molecule has 0 bridgehead atoms. The van der Waals surface area contributed by atoms with Crippen molar-refractivity contribution in [2.45, 2.75) is 17.4 Å². The van der Waals surface area contributed by atoms with Crippen molar-refractivity contribution in [3.8, 4) is 0 Å². The summed E-state index contributed by atoms with van der Waals surface area (Å²) in [5.41, 5.74) is -0.122. The highest BCUT2D eigenvalue weighted by atomic mass is 79.9. The highest BCUT2D eigenvalue weighted by Gasteiger charge is 2.23. The van der Waals surface area contributed by atoms with Crippen molar-refractivity contribution in [1.82, 2.24) is 4.72 Å². The van der Waals surface area contributed by atoms with Gasteiger partial charge in [0.2, 0.25) is 10.0 Å². The maximum Gasteiger partial charge on any atom is 0.269 e. The molecule has 0 aliphatic carbocycles. The number of nitro benzene ring substituents is 1. The molecule has 0 amide bonds. The maximum atomic E-state index is 12.5. The van der Waals surface area contributed by atoms with Gasteiger partial charge in [-0.25, -0.2) is 13.1 Å². The second-order valence-electron chi connectivity index (χ2n) is 5.06. The van der Waals surface area contributed by atoms with Crippen molar-refractivity contribution in [3.63, 3.8) is 0 Å². The van der Waals surface area contributed by atoms with Gasteiger partial charge in [-0.2, -0.15) is 0 Å². The van der Waals surface area contributed by atoms with Gasteiger partial charge in [-0.15, -0.1) is 0 Å². The average Bonchev–Trinajstić information content (AvgIpc) is 2.54. The molecule has 25 heavy (non-hydrogen) atoms. The zero-order chi connectivity index (χ0) is 18.6. The molecule has 1 N–H and O–H groups in total. The van der Waals surface area contributed by atoms with Gasteiger partial charge in [0, 0.05) is 29.0 Å². The number of non-ortho nitro benzene ring substituents is 1. The molecule has 8 nitrogen and oxygen atoms in total. The van der Waals surface area contributed by atoms with Crippen LogP contribution in [0.15, 0.2) is 57.9 Å². The first kappa shape index (κ1) is 19.0. The lowest BCUT2D eigenvalue weighted by molar-refractivity contribution is -0.385. The molecular formula is C15H12BrN2O6S-. The molecule has 0 radical (unpaired) electrons. The Bertz CT molecular complexity index is 898. The van der Waals surface area contributed by atoms with E-state index in [1.165, 1.54) is 42.5 Å². The van der Waals surface area contributed by atoms with E-state index in [2.05, 4.69) is 20.7 Å². The van der Waals surface area contributed by atoms with Crippen LogP contribution in [0.3, 0.4) is 0 Å². The van der Waals surface area contributed by atoms with E-state index in [4.69, 9.17) is 0 Å². The molecule has 0 spiro atoms. The van der Waals surface area contributed by atoms with Crippen molar-refractivity contribution in [2.75, 3.05) is 0 Å². The molecule has 2 rings (SSSR count). The van der Waals surface area contributed by atoms with Gasteiger partial charge in [-0.05, 0) is 29.8 Å². The highest BCUT2D eigenvalue weighted by molar-refractivity contribution is 9.10. The van der Waals surface area contributed by atoms with Gasteiger partial charge in [-0.3, -0.25) is 10.1 Å². The van der Waals surface area contributed by atoms with E-state index in [1.807, 2.05) is 0 Å². The Labute approximate surface area is 151 Å². The molecule has 2 aromatic carbocycles. The molecule has 132 valence electrons. The van der Waals surface area contributed by atoms with Crippen LogP contribution in [0.25, 0.3) is 0 Å². The number of carboxylic acid groups (broad SMARTS) is 1. The fourth-order valence-electron chi connectivity index (χ4n) is 2.12. The zero-order valence-corrected chi connectivity index (χ0v) is 15.0. The number of rotatable bonds is 7. The first-order valence-electron chi connectivity index (χ1n) is 6.91. The van der Waals surface area contributed by atoms with E-state index in [1.54, 1.807) is 0 Å².